The predicted molar refractivity (Wildman–Crippen MR) is 34.7 cm³/mol. The highest BCUT2D eigenvalue weighted by molar-refractivity contribution is 7.17. The molecule has 0 aromatic carbocycles. The van der Waals surface area contributed by atoms with Crippen molar-refractivity contribution in [2.24, 2.45) is 0 Å². The fourth-order valence-electron chi connectivity index (χ4n) is 0.245. The van der Waals surface area contributed by atoms with Crippen molar-refractivity contribution in [1.29, 1.82) is 0 Å². The van der Waals surface area contributed by atoms with Crippen molar-refractivity contribution in [3.05, 3.63) is 0 Å². The van der Waals surface area contributed by atoms with Crippen molar-refractivity contribution < 1.29 is 9.53 Å². The molecule has 0 aliphatic carbocycles. The molecule has 0 aromatic heterocycles. The van der Waals surface area contributed by atoms with Gasteiger partial charge in [0.1, 0.15) is 0 Å². The monoisotopic (exact) mass is 135 g/mol. The van der Waals surface area contributed by atoms with E-state index in [2.05, 4.69) is 19.3 Å². The van der Waals surface area contributed by atoms with Gasteiger partial charge >= 0.3 is 6.09 Å². The summed E-state index contributed by atoms with van der Waals surface area (Å²) in [5.41, 5.74) is 0. The Hall–Kier alpha value is -0.300. The molecule has 0 aromatic rings. The molecule has 1 amide bonds. The molecule has 0 spiro atoms. The first-order chi connectivity index (χ1) is 3.66. The second kappa shape index (κ2) is 3.67. The van der Waals surface area contributed by atoms with E-state index in [1.54, 1.807) is 0 Å². The largest absolute Gasteiger partial charge is 0.453 e. The number of hydrogen-bond acceptors (Lipinski definition) is 2. The zero-order valence-electron chi connectivity index (χ0n) is 4.97. The van der Waals surface area contributed by atoms with Gasteiger partial charge in [-0.3, -0.25) is 0 Å². The molecule has 0 fully saturated rings. The lowest BCUT2D eigenvalue weighted by Crippen LogP contribution is -2.27. The van der Waals surface area contributed by atoms with E-state index in [1.807, 2.05) is 6.92 Å². The number of rotatable bonds is 1. The maximum absolute atomic E-state index is 10.3. The lowest BCUT2D eigenvalue weighted by molar-refractivity contribution is 0.170. The number of carbonyl (C=O) groups excluding carboxylic acids is 1. The lowest BCUT2D eigenvalue weighted by atomic mass is 10.7. The van der Waals surface area contributed by atoms with Crippen molar-refractivity contribution >= 4 is 15.3 Å². The van der Waals surface area contributed by atoms with E-state index in [4.69, 9.17) is 0 Å². The number of alkyl carbamates (subject to hydrolysis) is 1. The van der Waals surface area contributed by atoms with E-state index >= 15 is 0 Å². The fourth-order valence-corrected chi connectivity index (χ4v) is 0.381. The van der Waals surface area contributed by atoms with Crippen LogP contribution in [0.5, 0.6) is 0 Å². The lowest BCUT2D eigenvalue weighted by Gasteiger charge is -2.04. The molecule has 48 valence electrons. The molecule has 2 unspecified atom stereocenters. The van der Waals surface area contributed by atoms with Crippen molar-refractivity contribution in [2.75, 3.05) is 7.11 Å². The first kappa shape index (κ1) is 7.70. The molecule has 0 aliphatic rings. The highest BCUT2D eigenvalue weighted by Gasteiger charge is 1.98. The van der Waals surface area contributed by atoms with Gasteiger partial charge in [-0.1, -0.05) is 0 Å². The van der Waals surface area contributed by atoms with Crippen LogP contribution in [0, 0.1) is 0 Å². The van der Waals surface area contributed by atoms with Gasteiger partial charge in [0.2, 0.25) is 0 Å². The van der Waals surface area contributed by atoms with E-state index in [1.165, 1.54) is 7.11 Å². The van der Waals surface area contributed by atoms with Crippen LogP contribution in [0.3, 0.4) is 0 Å². The molecule has 0 radical (unpaired) electrons. The van der Waals surface area contributed by atoms with Crippen LogP contribution < -0.4 is 5.32 Å². The summed E-state index contributed by atoms with van der Waals surface area (Å²) >= 11 is 0. The standard InChI is InChI=1S/C4H10NO2P/c1-3(8)5-4(6)7-2/h3H,8H2,1-2H3,(H,5,6). The number of methoxy groups -OCH3 is 1. The summed E-state index contributed by atoms with van der Waals surface area (Å²) in [7, 11) is 3.76. The summed E-state index contributed by atoms with van der Waals surface area (Å²) < 4.78 is 4.30. The minimum Gasteiger partial charge on any atom is -0.453 e. The fraction of sp³-hybridized carbons (Fsp3) is 0.750. The van der Waals surface area contributed by atoms with Gasteiger partial charge < -0.3 is 10.1 Å². The first-order valence-corrected chi connectivity index (χ1v) is 2.93. The molecule has 0 saturated heterocycles. The topological polar surface area (TPSA) is 38.3 Å². The molecular weight excluding hydrogens is 125 g/mol. The van der Waals surface area contributed by atoms with Gasteiger partial charge in [-0.15, -0.1) is 9.24 Å². The first-order valence-electron chi connectivity index (χ1n) is 2.27. The molecule has 1 N–H and O–H groups in total. The van der Waals surface area contributed by atoms with Crippen LogP contribution in [-0.4, -0.2) is 19.0 Å². The number of amides is 1. The Bertz CT molecular complexity index is 84.1. The highest BCUT2D eigenvalue weighted by Crippen LogP contribution is 1.90. The zero-order valence-corrected chi connectivity index (χ0v) is 6.13. The van der Waals surface area contributed by atoms with Crippen LogP contribution in [0.1, 0.15) is 6.92 Å². The molecule has 0 rings (SSSR count). The molecule has 8 heavy (non-hydrogen) atoms. The van der Waals surface area contributed by atoms with Gasteiger partial charge in [0.05, 0.1) is 7.11 Å². The van der Waals surface area contributed by atoms with Crippen molar-refractivity contribution in [1.82, 2.24) is 5.32 Å². The second-order valence-electron chi connectivity index (χ2n) is 1.42. The summed E-state index contributed by atoms with van der Waals surface area (Å²) in [5, 5.41) is 2.49. The van der Waals surface area contributed by atoms with Crippen molar-refractivity contribution in [3.8, 4) is 0 Å². The second-order valence-corrected chi connectivity index (χ2v) is 2.42. The van der Waals surface area contributed by atoms with E-state index in [0.717, 1.165) is 0 Å². The SMILES string of the molecule is COC(=O)NC(C)P. The number of nitrogens with one attached hydrogen (secondary N) is 1. The summed E-state index contributed by atoms with van der Waals surface area (Å²) in [6, 6.07) is 0. The van der Waals surface area contributed by atoms with Crippen molar-refractivity contribution in [2.45, 2.75) is 12.7 Å². The van der Waals surface area contributed by atoms with E-state index in [9.17, 15) is 4.79 Å². The van der Waals surface area contributed by atoms with Gasteiger partial charge in [-0.05, 0) is 6.92 Å². The molecule has 0 aliphatic heterocycles. The average Bonchev–Trinajstić information content (AvgIpc) is 1.65. The van der Waals surface area contributed by atoms with Gasteiger partial charge in [0.25, 0.3) is 0 Å². The Morgan fingerprint density at radius 3 is 2.50 bits per heavy atom. The van der Waals surface area contributed by atoms with Crippen LogP contribution in [0.2, 0.25) is 0 Å². The Morgan fingerprint density at radius 2 is 2.38 bits per heavy atom. The molecule has 4 heteroatoms. The molecular formula is C4H10NO2P. The third-order valence-electron chi connectivity index (χ3n) is 0.531. The Labute approximate surface area is 51.0 Å². The molecule has 3 nitrogen and oxygen atoms in total. The quantitative estimate of drug-likeness (QED) is 0.533. The minimum absolute atomic E-state index is 0.0717. The van der Waals surface area contributed by atoms with Crippen LogP contribution in [0.4, 0.5) is 4.79 Å². The summed E-state index contributed by atoms with van der Waals surface area (Å²) in [6.07, 6.45) is -0.396. The predicted octanol–water partition coefficient (Wildman–Crippen LogP) is 0.563. The minimum atomic E-state index is -0.396. The molecule has 0 saturated carbocycles. The number of ether oxygens (including phenoxy) is 1. The maximum atomic E-state index is 10.3. The summed E-state index contributed by atoms with van der Waals surface area (Å²) in [6.45, 7) is 1.83. The third kappa shape index (κ3) is 3.88. The van der Waals surface area contributed by atoms with Gasteiger partial charge in [0, 0.05) is 5.78 Å². The van der Waals surface area contributed by atoms with Crippen LogP contribution in [0.25, 0.3) is 0 Å². The van der Waals surface area contributed by atoms with Crippen molar-refractivity contribution in [3.63, 3.8) is 0 Å². The van der Waals surface area contributed by atoms with Crippen LogP contribution in [-0.2, 0) is 4.74 Å². The average molecular weight is 135 g/mol. The van der Waals surface area contributed by atoms with Gasteiger partial charge in [0.15, 0.2) is 0 Å². The molecule has 0 bridgehead atoms. The number of hydrogen-bond donors (Lipinski definition) is 1. The Balaban J connectivity index is 3.25. The third-order valence-corrected chi connectivity index (χ3v) is 0.698. The van der Waals surface area contributed by atoms with E-state index < -0.39 is 6.09 Å². The maximum Gasteiger partial charge on any atom is 0.407 e. The van der Waals surface area contributed by atoms with E-state index in [0.29, 0.717) is 0 Å². The summed E-state index contributed by atoms with van der Waals surface area (Å²) in [4.78, 5) is 10.3. The van der Waals surface area contributed by atoms with Crippen LogP contribution in [0.15, 0.2) is 0 Å². The molecule has 2 atom stereocenters. The van der Waals surface area contributed by atoms with Gasteiger partial charge in [-0.25, -0.2) is 4.79 Å². The normalized spacial score (nSPS) is 12.4. The van der Waals surface area contributed by atoms with E-state index in [-0.39, 0.29) is 5.78 Å². The van der Waals surface area contributed by atoms with Gasteiger partial charge in [-0.2, -0.15) is 0 Å². The summed E-state index contributed by atoms with van der Waals surface area (Å²) in [5.74, 6) is 0.0717. The Morgan fingerprint density at radius 1 is 1.88 bits per heavy atom. The zero-order chi connectivity index (χ0) is 6.57. The number of carbonyl (C=O) groups is 1. The molecule has 0 heterocycles. The smallest absolute Gasteiger partial charge is 0.407 e. The van der Waals surface area contributed by atoms with Crippen LogP contribution >= 0.6 is 9.24 Å². The Kier molecular flexibility index (Phi) is 3.53. The highest BCUT2D eigenvalue weighted by atomic mass is 31.0.